The highest BCUT2D eigenvalue weighted by Crippen LogP contribution is 2.80. The maximum absolute atomic E-state index is 2.21. The maximum atomic E-state index is 2.21. The molecule has 0 aromatic rings. The quantitative estimate of drug-likeness (QED) is 0.459. The monoisotopic (exact) mass is 341 g/mol. The summed E-state index contributed by atoms with van der Waals surface area (Å²) in [6.45, 7) is 0. The van der Waals surface area contributed by atoms with E-state index in [4.69, 9.17) is 0 Å². The summed E-state index contributed by atoms with van der Waals surface area (Å²) in [5.74, 6) is 7.70. The van der Waals surface area contributed by atoms with Gasteiger partial charge in [-0.3, -0.25) is 0 Å². The summed E-state index contributed by atoms with van der Waals surface area (Å²) < 4.78 is 0. The molecule has 5 rings (SSSR count). The summed E-state index contributed by atoms with van der Waals surface area (Å²) in [7, 11) is 0. The molecule has 0 heteroatoms. The predicted octanol–water partition coefficient (Wildman–Crippen LogP) is 7.72. The van der Waals surface area contributed by atoms with Crippen molar-refractivity contribution in [1.82, 2.24) is 0 Å². The third-order valence-corrected chi connectivity index (χ3v) is 9.49. The fourth-order valence-corrected chi connectivity index (χ4v) is 8.32. The molecule has 2 unspecified atom stereocenters. The Bertz CT molecular complexity index is 429. The third kappa shape index (κ3) is 2.84. The van der Waals surface area contributed by atoms with Gasteiger partial charge in [-0.15, -0.1) is 0 Å². The molecule has 5 fully saturated rings. The molecule has 0 heterocycles. The molecular weight excluding hydrogens is 300 g/mol. The van der Waals surface area contributed by atoms with E-state index in [2.05, 4.69) is 5.92 Å². The van der Waals surface area contributed by atoms with Crippen molar-refractivity contribution in [2.24, 2.45) is 35.0 Å². The van der Waals surface area contributed by atoms with Gasteiger partial charge in [0, 0.05) is 0 Å². The molecule has 0 amide bonds. The summed E-state index contributed by atoms with van der Waals surface area (Å²) in [5.41, 5.74) is 0.775. The van der Waals surface area contributed by atoms with Crippen molar-refractivity contribution in [3.63, 3.8) is 0 Å². The van der Waals surface area contributed by atoms with Crippen molar-refractivity contribution in [1.29, 1.82) is 0 Å². The normalized spacial score (nSPS) is 40.1. The predicted molar refractivity (Wildman–Crippen MR) is 106 cm³/mol. The highest BCUT2D eigenvalue weighted by atomic mass is 14.8. The molecule has 0 nitrogen and oxygen atoms in total. The number of rotatable bonds is 4. The fraction of sp³-hybridized carbons (Fsp3) is 0.960. The van der Waals surface area contributed by atoms with Crippen LogP contribution in [0.4, 0.5) is 0 Å². The number of hydrogen-bond acceptors (Lipinski definition) is 0. The molecule has 2 atom stereocenters. The smallest absolute Gasteiger partial charge is 0.0100 e. The van der Waals surface area contributed by atoms with E-state index in [9.17, 15) is 0 Å². The Morgan fingerprint density at radius 3 is 1.48 bits per heavy atom. The van der Waals surface area contributed by atoms with Gasteiger partial charge in [0.25, 0.3) is 0 Å². The van der Waals surface area contributed by atoms with Gasteiger partial charge in [0.15, 0.2) is 0 Å². The largest absolute Gasteiger partial charge is 0.0533 e. The maximum Gasteiger partial charge on any atom is -0.0100 e. The lowest BCUT2D eigenvalue weighted by atomic mass is 9.65. The average Bonchev–Trinajstić information content (AvgIpc) is 3.09. The lowest BCUT2D eigenvalue weighted by Crippen LogP contribution is -2.32. The Kier molecular flexibility index (Phi) is 4.93. The van der Waals surface area contributed by atoms with Crippen molar-refractivity contribution in [3.8, 4) is 0 Å². The molecule has 25 heavy (non-hydrogen) atoms. The van der Waals surface area contributed by atoms with Crippen molar-refractivity contribution < 1.29 is 0 Å². The van der Waals surface area contributed by atoms with E-state index in [1.54, 1.807) is 89.9 Å². The van der Waals surface area contributed by atoms with Crippen LogP contribution in [-0.4, -0.2) is 0 Å². The van der Waals surface area contributed by atoms with Crippen molar-refractivity contribution in [2.75, 3.05) is 0 Å². The molecule has 0 spiro atoms. The Morgan fingerprint density at radius 1 is 0.480 bits per heavy atom. The van der Waals surface area contributed by atoms with Crippen LogP contribution in [-0.2, 0) is 0 Å². The van der Waals surface area contributed by atoms with Gasteiger partial charge in [-0.2, -0.15) is 0 Å². The van der Waals surface area contributed by atoms with Crippen LogP contribution >= 0.6 is 0 Å². The van der Waals surface area contributed by atoms with E-state index >= 15 is 0 Å². The van der Waals surface area contributed by atoms with E-state index in [0.717, 1.165) is 35.0 Å². The molecule has 0 aliphatic heterocycles. The molecule has 5 aliphatic carbocycles. The minimum absolute atomic E-state index is 0.775. The van der Waals surface area contributed by atoms with Crippen LogP contribution in [0.1, 0.15) is 116 Å². The van der Waals surface area contributed by atoms with Gasteiger partial charge in [0.1, 0.15) is 0 Å². The lowest BCUT2D eigenvalue weighted by Gasteiger charge is -2.40. The fourth-order valence-electron chi connectivity index (χ4n) is 8.32. The Balaban J connectivity index is 1.46. The van der Waals surface area contributed by atoms with Gasteiger partial charge < -0.3 is 0 Å². The molecule has 5 saturated carbocycles. The van der Waals surface area contributed by atoms with Gasteiger partial charge in [-0.05, 0) is 79.4 Å². The summed E-state index contributed by atoms with van der Waals surface area (Å²) in [5, 5.41) is 0. The number of hydrogen-bond donors (Lipinski definition) is 0. The molecule has 0 N–H and O–H groups in total. The second kappa shape index (κ2) is 7.20. The molecule has 1 radical (unpaired) electrons. The van der Waals surface area contributed by atoms with Crippen LogP contribution in [0.15, 0.2) is 0 Å². The molecule has 141 valence electrons. The molecule has 0 aromatic heterocycles. The van der Waals surface area contributed by atoms with E-state index < -0.39 is 0 Å². The third-order valence-electron chi connectivity index (χ3n) is 9.49. The summed E-state index contributed by atoms with van der Waals surface area (Å²) >= 11 is 0. The van der Waals surface area contributed by atoms with Gasteiger partial charge in [0.05, 0.1) is 0 Å². The Hall–Kier alpha value is 0. The molecular formula is C25H41. The van der Waals surface area contributed by atoms with Crippen LogP contribution in [0.3, 0.4) is 0 Å². The molecule has 0 bridgehead atoms. The molecule has 0 saturated heterocycles. The summed E-state index contributed by atoms with van der Waals surface area (Å²) in [6.07, 6.45) is 28.1. The lowest BCUT2D eigenvalue weighted by molar-refractivity contribution is 0.115. The Labute approximate surface area is 156 Å². The first-order valence-electron chi connectivity index (χ1n) is 12.3. The minimum Gasteiger partial charge on any atom is -0.0533 e. The van der Waals surface area contributed by atoms with E-state index in [0.29, 0.717) is 0 Å². The first-order valence-corrected chi connectivity index (χ1v) is 12.3. The molecule has 0 aromatic carbocycles. The highest BCUT2D eigenvalue weighted by molar-refractivity contribution is 5.39. The zero-order chi connectivity index (χ0) is 16.7. The van der Waals surface area contributed by atoms with E-state index in [1.165, 1.54) is 25.7 Å². The van der Waals surface area contributed by atoms with Gasteiger partial charge >= 0.3 is 0 Å². The highest BCUT2D eigenvalue weighted by Gasteiger charge is 2.74. The molecule has 5 aliphatic rings. The zero-order valence-corrected chi connectivity index (χ0v) is 16.6. The van der Waals surface area contributed by atoms with Crippen molar-refractivity contribution in [3.05, 3.63) is 5.92 Å². The van der Waals surface area contributed by atoms with Crippen LogP contribution in [0, 0.1) is 40.9 Å². The van der Waals surface area contributed by atoms with Crippen LogP contribution < -0.4 is 0 Å². The standard InChI is InChI=1S/C25H41/c1-2-5-12-19(11-4-1)23-24(20-13-10-14-20)25(23,22-17-8-9-18-22)21-15-6-3-7-16-21/h19-23H,1-18H2. The second-order valence-electron chi connectivity index (χ2n) is 10.6. The van der Waals surface area contributed by atoms with Crippen molar-refractivity contribution in [2.45, 2.75) is 116 Å². The van der Waals surface area contributed by atoms with E-state index in [1.807, 2.05) is 0 Å². The Morgan fingerprint density at radius 2 is 0.960 bits per heavy atom. The second-order valence-corrected chi connectivity index (χ2v) is 10.6. The van der Waals surface area contributed by atoms with Crippen LogP contribution in [0.25, 0.3) is 0 Å². The summed E-state index contributed by atoms with van der Waals surface area (Å²) in [4.78, 5) is 0. The van der Waals surface area contributed by atoms with Crippen LogP contribution in [0.2, 0.25) is 0 Å². The zero-order valence-electron chi connectivity index (χ0n) is 16.6. The first kappa shape index (κ1) is 17.1. The first-order chi connectivity index (χ1) is 12.4. The van der Waals surface area contributed by atoms with Gasteiger partial charge in [0.2, 0.25) is 0 Å². The minimum atomic E-state index is 0.775. The van der Waals surface area contributed by atoms with Crippen LogP contribution in [0.5, 0.6) is 0 Å². The summed E-state index contributed by atoms with van der Waals surface area (Å²) in [6, 6.07) is 0. The van der Waals surface area contributed by atoms with E-state index in [-0.39, 0.29) is 0 Å². The van der Waals surface area contributed by atoms with Gasteiger partial charge in [-0.25, -0.2) is 0 Å². The van der Waals surface area contributed by atoms with Crippen molar-refractivity contribution >= 4 is 0 Å². The topological polar surface area (TPSA) is 0 Å². The SMILES string of the molecule is C1CCCC(C2[C](C3CCC3)C2(C2CCCCC2)C2CCCC2)CC1. The van der Waals surface area contributed by atoms with Gasteiger partial charge in [-0.1, -0.05) is 77.0 Å². The average molecular weight is 342 g/mol.